The van der Waals surface area contributed by atoms with Crippen LogP contribution in [-0.4, -0.2) is 11.0 Å². The van der Waals surface area contributed by atoms with Gasteiger partial charge in [0.25, 0.3) is 0 Å². The zero-order chi connectivity index (χ0) is 0. The molecule has 0 amide bonds. The van der Waals surface area contributed by atoms with E-state index in [1.807, 2.05) is 0 Å². The first-order valence-corrected chi connectivity index (χ1v) is 0. The molecule has 0 atom stereocenters. The molecule has 4 heavy (non-hydrogen) atoms. The first kappa shape index (κ1) is 31.3. The number of rotatable bonds is 0. The van der Waals surface area contributed by atoms with E-state index >= 15 is 0 Å². The Kier molecular flexibility index (Phi) is 139. The second-order valence-corrected chi connectivity index (χ2v) is 0. The van der Waals surface area contributed by atoms with Crippen LogP contribution in [0.2, 0.25) is 0 Å². The van der Waals surface area contributed by atoms with E-state index in [2.05, 4.69) is 0 Å². The van der Waals surface area contributed by atoms with Gasteiger partial charge in [-0.3, -0.25) is 0 Å². The third-order valence-corrected chi connectivity index (χ3v) is 0. The van der Waals surface area contributed by atoms with Crippen molar-refractivity contribution < 1.29 is 89.1 Å². The standard InChI is InChI=1S/Er.Nd.2H2O/h;;2*1H2. The van der Waals surface area contributed by atoms with Crippen molar-refractivity contribution >= 4 is 0 Å². The van der Waals surface area contributed by atoms with E-state index in [4.69, 9.17) is 0 Å². The first-order chi connectivity index (χ1) is 0. The van der Waals surface area contributed by atoms with Crippen molar-refractivity contribution in [1.82, 2.24) is 0 Å². The summed E-state index contributed by atoms with van der Waals surface area (Å²) in [6.07, 6.45) is 0. The summed E-state index contributed by atoms with van der Waals surface area (Å²) in [5, 5.41) is 0. The summed E-state index contributed by atoms with van der Waals surface area (Å²) in [5.74, 6) is 0. The van der Waals surface area contributed by atoms with Gasteiger partial charge in [-0.1, -0.05) is 0 Å². The summed E-state index contributed by atoms with van der Waals surface area (Å²) in [4.78, 5) is 0. The molecule has 0 saturated carbocycles. The summed E-state index contributed by atoms with van der Waals surface area (Å²) in [6.45, 7) is 0. The van der Waals surface area contributed by atoms with Crippen molar-refractivity contribution in [1.29, 1.82) is 0 Å². The maximum Gasteiger partial charge on any atom is 0 e. The van der Waals surface area contributed by atoms with Crippen molar-refractivity contribution in [2.24, 2.45) is 0 Å². The Hall–Kier alpha value is 2.52. The molecule has 0 aromatic rings. The van der Waals surface area contributed by atoms with Gasteiger partial charge in [0.15, 0.2) is 0 Å². The Labute approximate surface area is 87.1 Å². The van der Waals surface area contributed by atoms with Crippen LogP contribution < -0.4 is 0 Å². The molecule has 0 fully saturated rings. The average Bonchev–Trinajstić information content (AvgIpc) is 0. The van der Waals surface area contributed by atoms with Crippen LogP contribution in [0.5, 0.6) is 0 Å². The molecule has 0 aromatic carbocycles. The van der Waals surface area contributed by atoms with E-state index in [9.17, 15) is 0 Å². The van der Waals surface area contributed by atoms with Crippen LogP contribution in [0.1, 0.15) is 0 Å². The Balaban J connectivity index is 0. The van der Waals surface area contributed by atoms with Crippen LogP contribution in [0.4, 0.5) is 0 Å². The maximum atomic E-state index is 0. The predicted molar refractivity (Wildman–Crippen MR) is 7.23 cm³/mol. The summed E-state index contributed by atoms with van der Waals surface area (Å²) in [7, 11) is 0. The molecule has 4 N–H and O–H groups in total. The Bertz CT molecular complexity index is 6.00. The molecular formula is H4ErNdO2. The molecule has 0 radical (unpaired) electrons. The molecule has 0 saturated heterocycles. The molecule has 0 aliphatic rings. The molecule has 0 heterocycles. The van der Waals surface area contributed by atoms with E-state index < -0.39 is 0 Å². The second-order valence-electron chi connectivity index (χ2n) is 0. The van der Waals surface area contributed by atoms with Gasteiger partial charge >= 0.3 is 0 Å². The number of hydrogen-bond donors (Lipinski definition) is 0. The van der Waals surface area contributed by atoms with Gasteiger partial charge in [-0.25, -0.2) is 0 Å². The normalized spacial score (nSPS) is 0. The molecule has 4 heteroatoms. The van der Waals surface area contributed by atoms with E-state index in [1.165, 1.54) is 0 Å². The fraction of sp³-hybridized carbons (Fsp3) is 0. The molecule has 0 rings (SSSR count). The van der Waals surface area contributed by atoms with Gasteiger partial charge in [0.05, 0.1) is 0 Å². The third kappa shape index (κ3) is 8.82. The quantitative estimate of drug-likeness (QED) is 0.504. The molecular weight excluding hydrogens is 343 g/mol. The minimum Gasteiger partial charge on any atom is -0.412 e. The molecule has 32 valence electrons. The molecule has 0 spiro atoms. The molecule has 0 aromatic heterocycles. The molecule has 0 bridgehead atoms. The maximum absolute atomic E-state index is 0. The van der Waals surface area contributed by atoms with Crippen LogP contribution in [0, 0.1) is 78.1 Å². The molecule has 0 aliphatic heterocycles. The predicted octanol–water partition coefficient (Wildman–Crippen LogP) is -1.65. The van der Waals surface area contributed by atoms with Crippen molar-refractivity contribution in [2.45, 2.75) is 0 Å². The second kappa shape index (κ2) is 17.8. The summed E-state index contributed by atoms with van der Waals surface area (Å²) >= 11 is 0. The van der Waals surface area contributed by atoms with Gasteiger partial charge in [-0.2, -0.15) is 0 Å². The van der Waals surface area contributed by atoms with E-state index in [0.29, 0.717) is 0 Å². The fourth-order valence-corrected chi connectivity index (χ4v) is 0. The van der Waals surface area contributed by atoms with E-state index in [0.717, 1.165) is 0 Å². The zero-order valence-electron chi connectivity index (χ0n) is 1.79. The summed E-state index contributed by atoms with van der Waals surface area (Å²) in [5.41, 5.74) is 0. The summed E-state index contributed by atoms with van der Waals surface area (Å²) in [6, 6.07) is 0. The summed E-state index contributed by atoms with van der Waals surface area (Å²) < 4.78 is 0. The monoisotopic (exact) mass is 344 g/mol. The van der Waals surface area contributed by atoms with Crippen LogP contribution in [0.15, 0.2) is 0 Å². The van der Waals surface area contributed by atoms with Gasteiger partial charge in [0, 0.05) is 78.1 Å². The third-order valence-electron chi connectivity index (χ3n) is 0. The van der Waals surface area contributed by atoms with Crippen LogP contribution in [0.25, 0.3) is 0 Å². The molecule has 0 unspecified atom stereocenters. The smallest absolute Gasteiger partial charge is 0 e. The zero-order valence-corrected chi connectivity index (χ0v) is 6.85. The Morgan fingerprint density at radius 2 is 0.750 bits per heavy atom. The van der Waals surface area contributed by atoms with Gasteiger partial charge in [0.2, 0.25) is 0 Å². The van der Waals surface area contributed by atoms with Crippen molar-refractivity contribution in [3.05, 3.63) is 0 Å². The average molecular weight is 348 g/mol. The minimum atomic E-state index is 0. The van der Waals surface area contributed by atoms with E-state index in [-0.39, 0.29) is 89.1 Å². The van der Waals surface area contributed by atoms with Crippen LogP contribution in [0.3, 0.4) is 0 Å². The first-order valence-electron chi connectivity index (χ1n) is 0. The molecule has 2 nitrogen and oxygen atoms in total. The van der Waals surface area contributed by atoms with Gasteiger partial charge in [-0.05, 0) is 0 Å². The van der Waals surface area contributed by atoms with E-state index in [1.54, 1.807) is 0 Å². The topological polar surface area (TPSA) is 63.0 Å². The van der Waals surface area contributed by atoms with Crippen molar-refractivity contribution in [2.75, 3.05) is 0 Å². The van der Waals surface area contributed by atoms with Gasteiger partial charge in [0.1, 0.15) is 0 Å². The van der Waals surface area contributed by atoms with Crippen molar-refractivity contribution in [3.63, 3.8) is 0 Å². The van der Waals surface area contributed by atoms with Crippen LogP contribution in [-0.2, 0) is 0 Å². The number of hydrogen-bond acceptors (Lipinski definition) is 0. The Morgan fingerprint density at radius 1 is 0.750 bits per heavy atom. The van der Waals surface area contributed by atoms with Crippen molar-refractivity contribution in [3.8, 4) is 0 Å². The molecule has 0 aliphatic carbocycles. The van der Waals surface area contributed by atoms with Crippen LogP contribution >= 0.6 is 0 Å². The van der Waals surface area contributed by atoms with Gasteiger partial charge in [-0.15, -0.1) is 0 Å². The minimum absolute atomic E-state index is 0. The Morgan fingerprint density at radius 3 is 0.750 bits per heavy atom. The van der Waals surface area contributed by atoms with Gasteiger partial charge < -0.3 is 11.0 Å². The SMILES string of the molecule is O.O.[Er].[Nd]. The fourth-order valence-electron chi connectivity index (χ4n) is 0. The largest absolute Gasteiger partial charge is 0.412 e.